The second-order valence-electron chi connectivity index (χ2n) is 6.85. The van der Waals surface area contributed by atoms with E-state index >= 15 is 0 Å². The molecule has 2 amide bonds. The van der Waals surface area contributed by atoms with E-state index in [1.165, 1.54) is 18.2 Å². The number of hydrogen-bond acceptors (Lipinski definition) is 3. The summed E-state index contributed by atoms with van der Waals surface area (Å²) >= 11 is 0. The van der Waals surface area contributed by atoms with Crippen molar-refractivity contribution in [2.24, 2.45) is 5.73 Å². The van der Waals surface area contributed by atoms with E-state index in [2.05, 4.69) is 10.6 Å². The van der Waals surface area contributed by atoms with Gasteiger partial charge in [0.25, 0.3) is 0 Å². The zero-order valence-electron chi connectivity index (χ0n) is 16.4. The molecule has 2 aromatic rings. The molecule has 0 unspecified atom stereocenters. The molecule has 2 atom stereocenters. The lowest BCUT2D eigenvalue weighted by Gasteiger charge is -2.17. The van der Waals surface area contributed by atoms with E-state index < -0.39 is 29.7 Å². The second-order valence-corrected chi connectivity index (χ2v) is 6.85. The number of nitrogens with one attached hydrogen (secondary N) is 2. The zero-order valence-corrected chi connectivity index (χ0v) is 16.4. The fourth-order valence-corrected chi connectivity index (χ4v) is 2.63. The van der Waals surface area contributed by atoms with Crippen LogP contribution in [0.3, 0.4) is 0 Å². The third kappa shape index (κ3) is 7.71. The number of nitrogens with two attached hydrogens (primary N) is 1. The van der Waals surface area contributed by atoms with Crippen LogP contribution in [0.25, 0.3) is 0 Å². The number of halogens is 3. The third-order valence-corrected chi connectivity index (χ3v) is 4.29. The van der Waals surface area contributed by atoms with Gasteiger partial charge in [-0.05, 0) is 49.6 Å². The summed E-state index contributed by atoms with van der Waals surface area (Å²) in [6.45, 7) is 1.56. The zero-order chi connectivity index (χ0) is 22.1. The molecule has 30 heavy (non-hydrogen) atoms. The van der Waals surface area contributed by atoms with Gasteiger partial charge in [-0.1, -0.05) is 36.4 Å². The highest BCUT2D eigenvalue weighted by molar-refractivity contribution is 5.99. The summed E-state index contributed by atoms with van der Waals surface area (Å²) in [5.41, 5.74) is 6.12. The number of amides is 2. The van der Waals surface area contributed by atoms with Crippen molar-refractivity contribution < 1.29 is 22.8 Å². The van der Waals surface area contributed by atoms with Crippen molar-refractivity contribution in [3.8, 4) is 0 Å². The maximum atomic E-state index is 12.6. The molecule has 0 heterocycles. The molecule has 4 N–H and O–H groups in total. The van der Waals surface area contributed by atoms with Crippen molar-refractivity contribution in [3.63, 3.8) is 0 Å². The molecule has 5 nitrogen and oxygen atoms in total. The van der Waals surface area contributed by atoms with Gasteiger partial charge >= 0.3 is 6.18 Å². The quantitative estimate of drug-likeness (QED) is 0.571. The van der Waals surface area contributed by atoms with Gasteiger partial charge in [0.15, 0.2) is 0 Å². The van der Waals surface area contributed by atoms with Gasteiger partial charge in [0.1, 0.15) is 0 Å². The number of carbonyl (C=O) groups excluding carboxylic acids is 2. The molecule has 0 aliphatic heterocycles. The topological polar surface area (TPSA) is 84.2 Å². The third-order valence-electron chi connectivity index (χ3n) is 4.29. The van der Waals surface area contributed by atoms with E-state index in [4.69, 9.17) is 5.73 Å². The number of aryl methyl sites for hydroxylation is 1. The lowest BCUT2D eigenvalue weighted by Crippen LogP contribution is -2.43. The second kappa shape index (κ2) is 10.6. The van der Waals surface area contributed by atoms with E-state index in [9.17, 15) is 22.8 Å². The molecule has 0 saturated heterocycles. The van der Waals surface area contributed by atoms with Gasteiger partial charge in [-0.25, -0.2) is 0 Å². The number of alkyl halides is 3. The Kier molecular flexibility index (Phi) is 8.17. The molecule has 0 bridgehead atoms. The van der Waals surface area contributed by atoms with Gasteiger partial charge in [-0.3, -0.25) is 9.59 Å². The molecule has 0 saturated carbocycles. The SMILES string of the molecule is C[C@H](N)C(=O)N[C@H](/C=C/C(=O)Nc1ccc(C(F)(F)F)cc1)CCc1ccccc1. The Hall–Kier alpha value is -3.13. The Morgan fingerprint density at radius 3 is 2.27 bits per heavy atom. The average Bonchev–Trinajstić information content (AvgIpc) is 2.70. The summed E-state index contributed by atoms with van der Waals surface area (Å²) in [6.07, 6.45) is -0.424. The van der Waals surface area contributed by atoms with Crippen molar-refractivity contribution in [3.05, 3.63) is 77.9 Å². The Morgan fingerprint density at radius 1 is 1.07 bits per heavy atom. The van der Waals surface area contributed by atoms with Crippen LogP contribution < -0.4 is 16.4 Å². The predicted octanol–water partition coefficient (Wildman–Crippen LogP) is 3.66. The largest absolute Gasteiger partial charge is 0.416 e. The van der Waals surface area contributed by atoms with E-state index in [0.29, 0.717) is 12.8 Å². The molecule has 160 valence electrons. The van der Waals surface area contributed by atoms with E-state index in [0.717, 1.165) is 17.7 Å². The predicted molar refractivity (Wildman–Crippen MR) is 110 cm³/mol. The highest BCUT2D eigenvalue weighted by Crippen LogP contribution is 2.29. The first-order valence-electron chi connectivity index (χ1n) is 9.41. The molecule has 0 aliphatic carbocycles. The van der Waals surface area contributed by atoms with Gasteiger partial charge in [-0.15, -0.1) is 0 Å². The molecule has 0 fully saturated rings. The summed E-state index contributed by atoms with van der Waals surface area (Å²) in [4.78, 5) is 24.1. The summed E-state index contributed by atoms with van der Waals surface area (Å²) < 4.78 is 37.8. The lowest BCUT2D eigenvalue weighted by molar-refractivity contribution is -0.137. The van der Waals surface area contributed by atoms with Crippen LogP contribution in [0.15, 0.2) is 66.7 Å². The highest BCUT2D eigenvalue weighted by Gasteiger charge is 2.29. The summed E-state index contributed by atoms with van der Waals surface area (Å²) in [5, 5.41) is 5.27. The Balaban J connectivity index is 1.99. The molecule has 0 aromatic heterocycles. The van der Waals surface area contributed by atoms with Crippen molar-refractivity contribution >= 4 is 17.5 Å². The van der Waals surface area contributed by atoms with Crippen molar-refractivity contribution in [2.75, 3.05) is 5.32 Å². The summed E-state index contributed by atoms with van der Waals surface area (Å²) in [5.74, 6) is -0.865. The molecular weight excluding hydrogens is 395 g/mol. The first kappa shape index (κ1) is 23.2. The van der Waals surface area contributed by atoms with E-state index in [-0.39, 0.29) is 11.6 Å². The van der Waals surface area contributed by atoms with Gasteiger partial charge in [0.05, 0.1) is 11.6 Å². The average molecular weight is 419 g/mol. The minimum atomic E-state index is -4.44. The van der Waals surface area contributed by atoms with Crippen LogP contribution in [-0.4, -0.2) is 23.9 Å². The summed E-state index contributed by atoms with van der Waals surface area (Å²) in [6, 6.07) is 12.7. The van der Waals surface area contributed by atoms with Crippen LogP contribution in [0.4, 0.5) is 18.9 Å². The number of anilines is 1. The normalized spacial score (nSPS) is 13.6. The number of benzene rings is 2. The van der Waals surface area contributed by atoms with Crippen LogP contribution in [0, 0.1) is 0 Å². The summed E-state index contributed by atoms with van der Waals surface area (Å²) in [7, 11) is 0. The Labute approximate surface area is 173 Å². The fourth-order valence-electron chi connectivity index (χ4n) is 2.63. The van der Waals surface area contributed by atoms with E-state index in [1.54, 1.807) is 13.0 Å². The minimum Gasteiger partial charge on any atom is -0.349 e. The smallest absolute Gasteiger partial charge is 0.349 e. The van der Waals surface area contributed by atoms with Crippen molar-refractivity contribution in [1.82, 2.24) is 5.32 Å². The molecule has 2 rings (SSSR count). The first-order chi connectivity index (χ1) is 14.1. The van der Waals surface area contributed by atoms with Crippen LogP contribution in [-0.2, 0) is 22.2 Å². The Morgan fingerprint density at radius 2 is 1.70 bits per heavy atom. The van der Waals surface area contributed by atoms with Gasteiger partial charge in [-0.2, -0.15) is 13.2 Å². The first-order valence-corrected chi connectivity index (χ1v) is 9.41. The van der Waals surface area contributed by atoms with Crippen molar-refractivity contribution in [1.29, 1.82) is 0 Å². The standard InChI is InChI=1S/C22H24F3N3O2/c1-15(26)21(30)28-19(10-7-16-5-3-2-4-6-16)13-14-20(29)27-18-11-8-17(9-12-18)22(23,24)25/h2-6,8-9,11-15,19H,7,10,26H2,1H3,(H,27,29)(H,28,30)/b14-13+/t15-,19-/m0/s1. The molecule has 2 aromatic carbocycles. The lowest BCUT2D eigenvalue weighted by atomic mass is 10.0. The molecule has 0 radical (unpaired) electrons. The molecular formula is C22H24F3N3O2. The number of rotatable bonds is 8. The monoisotopic (exact) mass is 419 g/mol. The van der Waals surface area contributed by atoms with Gasteiger partial charge in [0.2, 0.25) is 11.8 Å². The van der Waals surface area contributed by atoms with Crippen LogP contribution in [0.2, 0.25) is 0 Å². The van der Waals surface area contributed by atoms with Crippen molar-refractivity contribution in [2.45, 2.75) is 38.0 Å². The number of hydrogen-bond donors (Lipinski definition) is 3. The maximum Gasteiger partial charge on any atom is 0.416 e. The van der Waals surface area contributed by atoms with Gasteiger partial charge < -0.3 is 16.4 Å². The molecule has 0 aliphatic rings. The molecule has 0 spiro atoms. The Bertz CT molecular complexity index is 863. The highest BCUT2D eigenvalue weighted by atomic mass is 19.4. The minimum absolute atomic E-state index is 0.234. The van der Waals surface area contributed by atoms with Crippen LogP contribution >= 0.6 is 0 Å². The maximum absolute atomic E-state index is 12.6. The van der Waals surface area contributed by atoms with E-state index in [1.807, 2.05) is 30.3 Å². The number of carbonyl (C=O) groups is 2. The fraction of sp³-hybridized carbons (Fsp3) is 0.273. The van der Waals surface area contributed by atoms with Crippen LogP contribution in [0.1, 0.15) is 24.5 Å². The van der Waals surface area contributed by atoms with Gasteiger partial charge in [0, 0.05) is 17.8 Å². The molecule has 8 heteroatoms. The van der Waals surface area contributed by atoms with Crippen LogP contribution in [0.5, 0.6) is 0 Å².